The number of carboxylic acids is 1. The van der Waals surface area contributed by atoms with E-state index in [0.717, 1.165) is 12.5 Å². The van der Waals surface area contributed by atoms with Gasteiger partial charge in [-0.05, 0) is 18.3 Å². The van der Waals surface area contributed by atoms with E-state index in [1.165, 1.54) is 0 Å². The number of carbonyl (C=O) groups excluding carboxylic acids is 2. The third kappa shape index (κ3) is 4.20. The number of nitrogens with zero attached hydrogens (tertiary/aromatic N) is 1. The van der Waals surface area contributed by atoms with Crippen molar-refractivity contribution < 1.29 is 19.5 Å². The number of hydrogen-bond acceptors (Lipinski definition) is 3. The number of nitrogens with one attached hydrogen (secondary N) is 1. The minimum Gasteiger partial charge on any atom is -0.478 e. The van der Waals surface area contributed by atoms with Crippen LogP contribution in [-0.4, -0.2) is 41.0 Å². The molecule has 0 saturated carbocycles. The number of rotatable bonds is 2. The van der Waals surface area contributed by atoms with E-state index in [2.05, 4.69) is 19.2 Å². The second-order valence-electron chi connectivity index (χ2n) is 4.66. The molecule has 1 saturated heterocycles. The maximum atomic E-state index is 11.7. The Balaban J connectivity index is 2.46. The zero-order chi connectivity index (χ0) is 13.7. The SMILES string of the molecule is CC1CCN(C(=O)NC(=O)/C=C/C(=O)O)CC1C. The Morgan fingerprint density at radius 3 is 2.44 bits per heavy atom. The quantitative estimate of drug-likeness (QED) is 0.715. The molecule has 6 heteroatoms. The van der Waals surface area contributed by atoms with Crippen molar-refractivity contribution in [1.82, 2.24) is 10.2 Å². The normalized spacial score (nSPS) is 24.0. The highest BCUT2D eigenvalue weighted by Crippen LogP contribution is 2.22. The van der Waals surface area contributed by atoms with Crippen molar-refractivity contribution in [2.75, 3.05) is 13.1 Å². The highest BCUT2D eigenvalue weighted by atomic mass is 16.4. The first-order valence-corrected chi connectivity index (χ1v) is 5.91. The fourth-order valence-corrected chi connectivity index (χ4v) is 1.82. The summed E-state index contributed by atoms with van der Waals surface area (Å²) in [5, 5.41) is 10.5. The van der Waals surface area contributed by atoms with Crippen molar-refractivity contribution in [3.63, 3.8) is 0 Å². The van der Waals surface area contributed by atoms with Crippen LogP contribution in [0.2, 0.25) is 0 Å². The third-order valence-corrected chi connectivity index (χ3v) is 3.23. The molecule has 18 heavy (non-hydrogen) atoms. The summed E-state index contributed by atoms with van der Waals surface area (Å²) in [5.74, 6) is -0.975. The molecule has 0 bridgehead atoms. The van der Waals surface area contributed by atoms with Gasteiger partial charge in [0, 0.05) is 25.2 Å². The molecular weight excluding hydrogens is 236 g/mol. The molecule has 100 valence electrons. The largest absolute Gasteiger partial charge is 0.478 e. The van der Waals surface area contributed by atoms with Crippen molar-refractivity contribution in [3.8, 4) is 0 Å². The summed E-state index contributed by atoms with van der Waals surface area (Å²) in [6.45, 7) is 5.44. The van der Waals surface area contributed by atoms with Gasteiger partial charge >= 0.3 is 12.0 Å². The van der Waals surface area contributed by atoms with E-state index >= 15 is 0 Å². The predicted octanol–water partition coefficient (Wildman–Crippen LogP) is 0.841. The Morgan fingerprint density at radius 1 is 1.22 bits per heavy atom. The molecule has 2 unspecified atom stereocenters. The van der Waals surface area contributed by atoms with Gasteiger partial charge in [-0.1, -0.05) is 13.8 Å². The van der Waals surface area contributed by atoms with Crippen LogP contribution in [0.25, 0.3) is 0 Å². The molecule has 1 rings (SSSR count). The van der Waals surface area contributed by atoms with Crippen LogP contribution in [-0.2, 0) is 9.59 Å². The smallest absolute Gasteiger partial charge is 0.328 e. The standard InChI is InChI=1S/C12H18N2O4/c1-8-5-6-14(7-9(8)2)12(18)13-10(15)3-4-11(16)17/h3-4,8-9H,5-7H2,1-2H3,(H,16,17)(H,13,15,18)/b4-3+. The average molecular weight is 254 g/mol. The van der Waals surface area contributed by atoms with E-state index in [0.29, 0.717) is 31.0 Å². The van der Waals surface area contributed by atoms with E-state index in [4.69, 9.17) is 5.11 Å². The second kappa shape index (κ2) is 6.18. The van der Waals surface area contributed by atoms with Gasteiger partial charge in [-0.25, -0.2) is 9.59 Å². The van der Waals surface area contributed by atoms with Crippen molar-refractivity contribution in [3.05, 3.63) is 12.2 Å². The maximum absolute atomic E-state index is 11.7. The summed E-state index contributed by atoms with van der Waals surface area (Å²) in [4.78, 5) is 34.7. The first kappa shape index (κ1) is 14.2. The number of hydrogen-bond donors (Lipinski definition) is 2. The molecule has 1 heterocycles. The molecule has 2 atom stereocenters. The highest BCUT2D eigenvalue weighted by Gasteiger charge is 2.26. The summed E-state index contributed by atoms with van der Waals surface area (Å²) in [5.41, 5.74) is 0. The molecule has 1 aliphatic heterocycles. The number of aliphatic carboxylic acids is 1. The first-order valence-electron chi connectivity index (χ1n) is 5.91. The molecule has 3 amide bonds. The number of carboxylic acid groups (broad SMARTS) is 1. The zero-order valence-corrected chi connectivity index (χ0v) is 10.5. The Kier molecular flexibility index (Phi) is 4.88. The van der Waals surface area contributed by atoms with Crippen molar-refractivity contribution in [2.45, 2.75) is 20.3 Å². The van der Waals surface area contributed by atoms with Gasteiger partial charge in [-0.2, -0.15) is 0 Å². The van der Waals surface area contributed by atoms with E-state index in [9.17, 15) is 14.4 Å². The van der Waals surface area contributed by atoms with Crippen LogP contribution in [0.5, 0.6) is 0 Å². The lowest BCUT2D eigenvalue weighted by molar-refractivity contribution is -0.131. The van der Waals surface area contributed by atoms with Crippen LogP contribution in [0.3, 0.4) is 0 Å². The molecule has 6 nitrogen and oxygen atoms in total. The van der Waals surface area contributed by atoms with E-state index in [1.54, 1.807) is 4.90 Å². The van der Waals surface area contributed by atoms with Gasteiger partial charge in [-0.15, -0.1) is 0 Å². The van der Waals surface area contributed by atoms with E-state index in [1.807, 2.05) is 0 Å². The maximum Gasteiger partial charge on any atom is 0.328 e. The van der Waals surface area contributed by atoms with Crippen molar-refractivity contribution in [2.24, 2.45) is 11.8 Å². The molecule has 0 spiro atoms. The molecular formula is C12H18N2O4. The molecule has 0 aromatic carbocycles. The summed E-state index contributed by atoms with van der Waals surface area (Å²) in [6, 6.07) is -0.464. The molecule has 0 aromatic heterocycles. The number of urea groups is 1. The fourth-order valence-electron chi connectivity index (χ4n) is 1.82. The lowest BCUT2D eigenvalue weighted by Crippen LogP contribution is -2.48. The molecule has 1 fully saturated rings. The number of carbonyl (C=O) groups is 3. The average Bonchev–Trinajstić information content (AvgIpc) is 2.30. The third-order valence-electron chi connectivity index (χ3n) is 3.23. The number of imide groups is 1. The zero-order valence-electron chi connectivity index (χ0n) is 10.5. The monoisotopic (exact) mass is 254 g/mol. The molecule has 0 aromatic rings. The molecule has 1 aliphatic rings. The molecule has 0 aliphatic carbocycles. The highest BCUT2D eigenvalue weighted by molar-refractivity contribution is 6.02. The van der Waals surface area contributed by atoms with Crippen LogP contribution in [0.15, 0.2) is 12.2 Å². The lowest BCUT2D eigenvalue weighted by atomic mass is 9.89. The van der Waals surface area contributed by atoms with Gasteiger partial charge < -0.3 is 10.0 Å². The number of likely N-dealkylation sites (tertiary alicyclic amines) is 1. The van der Waals surface area contributed by atoms with Crippen molar-refractivity contribution in [1.29, 1.82) is 0 Å². The summed E-state index contributed by atoms with van der Waals surface area (Å²) < 4.78 is 0. The van der Waals surface area contributed by atoms with Crippen molar-refractivity contribution >= 4 is 17.9 Å². The van der Waals surface area contributed by atoms with Gasteiger partial charge in [0.15, 0.2) is 0 Å². The fraction of sp³-hybridized carbons (Fsp3) is 0.583. The minimum absolute atomic E-state index is 0.397. The molecule has 2 N–H and O–H groups in total. The summed E-state index contributed by atoms with van der Waals surface area (Å²) in [7, 11) is 0. The Labute approximate surface area is 106 Å². The second-order valence-corrected chi connectivity index (χ2v) is 4.66. The Morgan fingerprint density at radius 2 is 1.89 bits per heavy atom. The summed E-state index contributed by atoms with van der Waals surface area (Å²) in [6.07, 6.45) is 2.44. The molecule has 0 radical (unpaired) electrons. The minimum atomic E-state index is -1.22. The van der Waals surface area contributed by atoms with Gasteiger partial charge in [0.2, 0.25) is 0 Å². The van der Waals surface area contributed by atoms with Gasteiger partial charge in [0.1, 0.15) is 0 Å². The Bertz CT molecular complexity index is 378. The van der Waals surface area contributed by atoms with Gasteiger partial charge in [0.25, 0.3) is 5.91 Å². The summed E-state index contributed by atoms with van der Waals surface area (Å²) >= 11 is 0. The van der Waals surface area contributed by atoms with Crippen LogP contribution >= 0.6 is 0 Å². The Hall–Kier alpha value is -1.85. The number of amides is 3. The number of piperidine rings is 1. The van der Waals surface area contributed by atoms with Gasteiger partial charge in [0.05, 0.1) is 0 Å². The topological polar surface area (TPSA) is 86.7 Å². The van der Waals surface area contributed by atoms with Crippen LogP contribution < -0.4 is 5.32 Å². The lowest BCUT2D eigenvalue weighted by Gasteiger charge is -2.34. The van der Waals surface area contributed by atoms with E-state index < -0.39 is 17.9 Å². The van der Waals surface area contributed by atoms with Crippen LogP contribution in [0.4, 0.5) is 4.79 Å². The van der Waals surface area contributed by atoms with Crippen LogP contribution in [0, 0.1) is 11.8 Å². The predicted molar refractivity (Wildman–Crippen MR) is 64.8 cm³/mol. The van der Waals surface area contributed by atoms with E-state index in [-0.39, 0.29) is 0 Å². The first-order chi connectivity index (χ1) is 8.40. The van der Waals surface area contributed by atoms with Gasteiger partial charge in [-0.3, -0.25) is 10.1 Å². The van der Waals surface area contributed by atoms with Crippen LogP contribution in [0.1, 0.15) is 20.3 Å².